The monoisotopic (exact) mass is 410 g/mol. The molecular weight excluding hydrogens is 391 g/mol. The summed E-state index contributed by atoms with van der Waals surface area (Å²) in [4.78, 5) is 28.7. The lowest BCUT2D eigenvalue weighted by Gasteiger charge is -2.33. The molecule has 0 unspecified atom stereocenters. The summed E-state index contributed by atoms with van der Waals surface area (Å²) in [5.41, 5.74) is 6.42. The second kappa shape index (κ2) is 7.60. The van der Waals surface area contributed by atoms with E-state index in [2.05, 4.69) is 10.2 Å². The minimum atomic E-state index is -0.871. The van der Waals surface area contributed by atoms with Gasteiger partial charge in [0.2, 0.25) is 0 Å². The average molecular weight is 410 g/mol. The van der Waals surface area contributed by atoms with E-state index in [0.717, 1.165) is 11.6 Å². The first-order chi connectivity index (χ1) is 13.7. The Bertz CT molecular complexity index is 1070. The van der Waals surface area contributed by atoms with Gasteiger partial charge in [-0.05, 0) is 74.8 Å². The second-order valence-electron chi connectivity index (χ2n) is 6.99. The molecule has 1 aliphatic carbocycles. The van der Waals surface area contributed by atoms with E-state index in [1.54, 1.807) is 23.1 Å². The van der Waals surface area contributed by atoms with E-state index in [0.29, 0.717) is 29.9 Å². The van der Waals surface area contributed by atoms with Crippen molar-refractivity contribution in [3.63, 3.8) is 0 Å². The van der Waals surface area contributed by atoms with Crippen LogP contribution in [0.15, 0.2) is 36.4 Å². The number of amides is 1. The van der Waals surface area contributed by atoms with Gasteiger partial charge in [-0.3, -0.25) is 9.59 Å². The minimum Gasteiger partial charge on any atom is -0.366 e. The number of Topliss-reactive ketones (excluding diaryl/α,β-unsaturated/α-hetero) is 1. The predicted octanol–water partition coefficient (Wildman–Crippen LogP) is 4.11. The van der Waals surface area contributed by atoms with Gasteiger partial charge in [0.25, 0.3) is 5.91 Å². The average Bonchev–Trinajstić information content (AvgIpc) is 3.43. The number of aryl methyl sites for hydroxylation is 1. The molecule has 2 aromatic rings. The maximum absolute atomic E-state index is 14.4. The molecule has 0 atom stereocenters. The Morgan fingerprint density at radius 2 is 1.97 bits per heavy atom. The first-order valence-electron chi connectivity index (χ1n) is 8.89. The van der Waals surface area contributed by atoms with Crippen LogP contribution in [0.5, 0.6) is 0 Å². The lowest BCUT2D eigenvalue weighted by Crippen LogP contribution is -2.48. The van der Waals surface area contributed by atoms with E-state index >= 15 is 0 Å². The summed E-state index contributed by atoms with van der Waals surface area (Å²) in [7, 11) is 0. The van der Waals surface area contributed by atoms with Gasteiger partial charge in [0.05, 0.1) is 12.1 Å². The van der Waals surface area contributed by atoms with Gasteiger partial charge in [0.1, 0.15) is 11.4 Å². The van der Waals surface area contributed by atoms with Crippen molar-refractivity contribution in [2.24, 2.45) is 5.73 Å². The molecule has 6 nitrogen and oxygen atoms in total. The minimum absolute atomic E-state index is 0.0828. The molecule has 1 saturated carbocycles. The fourth-order valence-corrected chi connectivity index (χ4v) is 3.69. The molecule has 3 N–H and O–H groups in total. The highest BCUT2D eigenvalue weighted by atomic mass is 32.1. The summed E-state index contributed by atoms with van der Waals surface area (Å²) in [5, 5.41) is 3.30. The van der Waals surface area contributed by atoms with Crippen LogP contribution in [0, 0.1) is 19.3 Å². The maximum atomic E-state index is 14.4. The molecule has 8 heteroatoms. The Morgan fingerprint density at radius 1 is 1.28 bits per heavy atom. The topological polar surface area (TPSA) is 79.8 Å². The van der Waals surface area contributed by atoms with E-state index in [4.69, 9.17) is 24.5 Å². The highest BCUT2D eigenvalue weighted by Crippen LogP contribution is 2.45. The van der Waals surface area contributed by atoms with Gasteiger partial charge in [-0.25, -0.2) is 9.24 Å². The fraction of sp³-hybridized carbons (Fsp3) is 0.238. The van der Waals surface area contributed by atoms with Crippen molar-refractivity contribution in [2.45, 2.75) is 32.2 Å². The fourth-order valence-electron chi connectivity index (χ4n) is 3.29. The molecule has 0 radical (unpaired) electrons. The van der Waals surface area contributed by atoms with Crippen molar-refractivity contribution in [1.82, 2.24) is 0 Å². The standard InChI is InChI=1S/C21H19FN4O2S/c1-12-10-14(4-7-18(12)24-3)25-20(29)26(21(8-9-21)13(2)27)15-5-6-16(19(23)28)17(22)11-15/h4-7,10-11H,8-9H2,1-2H3,(H2,23,28)(H,25,29). The van der Waals surface area contributed by atoms with Gasteiger partial charge in [0, 0.05) is 11.4 Å². The molecule has 0 heterocycles. The zero-order valence-electron chi connectivity index (χ0n) is 16.0. The highest BCUT2D eigenvalue weighted by Gasteiger charge is 2.54. The number of carbonyl (C=O) groups is 2. The number of nitrogens with two attached hydrogens (primary N) is 1. The number of primary amides is 1. The molecule has 0 saturated heterocycles. The largest absolute Gasteiger partial charge is 0.366 e. The zero-order chi connectivity index (χ0) is 21.3. The van der Waals surface area contributed by atoms with Crippen LogP contribution in [0.1, 0.15) is 35.7 Å². The number of carbonyl (C=O) groups excluding carboxylic acids is 2. The molecule has 1 fully saturated rings. The lowest BCUT2D eigenvalue weighted by molar-refractivity contribution is -0.118. The number of nitrogens with one attached hydrogen (secondary N) is 1. The molecule has 1 aliphatic rings. The SMILES string of the molecule is [C-]#[N+]c1ccc(NC(=S)N(c2ccc(C(N)=O)c(F)c2)C2(C(C)=O)CC2)cc1C. The number of hydrogen-bond acceptors (Lipinski definition) is 3. The Hall–Kier alpha value is -3.31. The summed E-state index contributed by atoms with van der Waals surface area (Å²) in [6.45, 7) is 10.4. The summed E-state index contributed by atoms with van der Waals surface area (Å²) in [6, 6.07) is 9.14. The van der Waals surface area contributed by atoms with Gasteiger partial charge >= 0.3 is 0 Å². The molecule has 0 aliphatic heterocycles. The van der Waals surface area contributed by atoms with E-state index < -0.39 is 17.3 Å². The molecule has 148 valence electrons. The Kier molecular flexibility index (Phi) is 5.36. The number of halogens is 1. The van der Waals surface area contributed by atoms with Crippen molar-refractivity contribution in [2.75, 3.05) is 10.2 Å². The molecule has 0 bridgehead atoms. The van der Waals surface area contributed by atoms with Crippen LogP contribution < -0.4 is 16.0 Å². The predicted molar refractivity (Wildman–Crippen MR) is 114 cm³/mol. The number of rotatable bonds is 5. The molecule has 2 aromatic carbocycles. The van der Waals surface area contributed by atoms with Crippen molar-refractivity contribution < 1.29 is 14.0 Å². The van der Waals surface area contributed by atoms with Crippen LogP contribution in [0.4, 0.5) is 21.5 Å². The lowest BCUT2D eigenvalue weighted by atomic mass is 10.1. The number of anilines is 2. The van der Waals surface area contributed by atoms with Crippen LogP contribution in [0.3, 0.4) is 0 Å². The highest BCUT2D eigenvalue weighted by molar-refractivity contribution is 7.80. The second-order valence-corrected chi connectivity index (χ2v) is 7.38. The zero-order valence-corrected chi connectivity index (χ0v) is 16.8. The Labute approximate surface area is 173 Å². The first kappa shape index (κ1) is 20.4. The number of benzene rings is 2. The smallest absolute Gasteiger partial charge is 0.251 e. The summed E-state index contributed by atoms with van der Waals surface area (Å²) in [6.07, 6.45) is 1.16. The van der Waals surface area contributed by atoms with Crippen LogP contribution in [0.25, 0.3) is 4.85 Å². The van der Waals surface area contributed by atoms with Gasteiger partial charge in [-0.15, -0.1) is 0 Å². The van der Waals surface area contributed by atoms with Crippen LogP contribution in [0.2, 0.25) is 0 Å². The Balaban J connectivity index is 1.99. The normalized spacial score (nSPS) is 13.9. The number of hydrogen-bond donors (Lipinski definition) is 2. The summed E-state index contributed by atoms with van der Waals surface area (Å²) < 4.78 is 14.4. The molecule has 0 spiro atoms. The van der Waals surface area contributed by atoms with E-state index in [1.165, 1.54) is 19.1 Å². The first-order valence-corrected chi connectivity index (χ1v) is 9.30. The number of ketones is 1. The number of thiocarbonyl (C=S) groups is 1. The van der Waals surface area contributed by atoms with Crippen molar-refractivity contribution in [1.29, 1.82) is 0 Å². The van der Waals surface area contributed by atoms with E-state index in [9.17, 15) is 14.0 Å². The molecule has 3 rings (SSSR count). The summed E-state index contributed by atoms with van der Waals surface area (Å²) >= 11 is 5.57. The van der Waals surface area contributed by atoms with Gasteiger partial charge in [-0.1, -0.05) is 6.07 Å². The van der Waals surface area contributed by atoms with Crippen LogP contribution in [-0.4, -0.2) is 22.3 Å². The van der Waals surface area contributed by atoms with Crippen LogP contribution in [-0.2, 0) is 4.79 Å². The van der Waals surface area contributed by atoms with Gasteiger partial charge in [-0.2, -0.15) is 0 Å². The van der Waals surface area contributed by atoms with E-state index in [1.807, 2.05) is 6.92 Å². The van der Waals surface area contributed by atoms with Gasteiger partial charge in [0.15, 0.2) is 16.6 Å². The molecule has 29 heavy (non-hydrogen) atoms. The van der Waals surface area contributed by atoms with E-state index in [-0.39, 0.29) is 16.5 Å². The quantitative estimate of drug-likeness (QED) is 0.573. The van der Waals surface area contributed by atoms with Crippen molar-refractivity contribution in [3.8, 4) is 0 Å². The summed E-state index contributed by atoms with van der Waals surface area (Å²) in [5.74, 6) is -1.73. The van der Waals surface area contributed by atoms with Gasteiger partial charge < -0.3 is 16.0 Å². The third-order valence-corrected chi connectivity index (χ3v) is 5.34. The third-order valence-electron chi connectivity index (χ3n) is 5.05. The number of nitrogens with zero attached hydrogens (tertiary/aromatic N) is 2. The molecule has 0 aromatic heterocycles. The molecular formula is C21H19FN4O2S. The molecule has 1 amide bonds. The van der Waals surface area contributed by atoms with Crippen molar-refractivity contribution in [3.05, 3.63) is 64.8 Å². The van der Waals surface area contributed by atoms with Crippen molar-refractivity contribution >= 4 is 46.1 Å². The third kappa shape index (κ3) is 3.82. The maximum Gasteiger partial charge on any atom is 0.251 e. The Morgan fingerprint density at radius 3 is 2.45 bits per heavy atom. The van der Waals surface area contributed by atoms with Crippen LogP contribution >= 0.6 is 12.2 Å².